The highest BCUT2D eigenvalue weighted by molar-refractivity contribution is 5.95. The zero-order chi connectivity index (χ0) is 17.1. The molecule has 4 nitrogen and oxygen atoms in total. The molecule has 1 aliphatic rings. The molecule has 2 aromatic carbocycles. The number of rotatable bonds is 5. The van der Waals surface area contributed by atoms with Crippen molar-refractivity contribution in [1.82, 2.24) is 5.32 Å². The quantitative estimate of drug-likeness (QED) is 0.792. The Kier molecular flexibility index (Phi) is 4.86. The Bertz CT molecular complexity index is 742. The SMILES string of the molecule is Cc1ccc2c(c1)C(Nc1cccc(C(=O)NCCO)c1)C(C)C2. The summed E-state index contributed by atoms with van der Waals surface area (Å²) in [6.07, 6.45) is 1.07. The maximum Gasteiger partial charge on any atom is 0.251 e. The van der Waals surface area contributed by atoms with Crippen molar-refractivity contribution in [2.75, 3.05) is 18.5 Å². The Hall–Kier alpha value is -2.33. The molecule has 1 amide bonds. The molecule has 4 heteroatoms. The summed E-state index contributed by atoms with van der Waals surface area (Å²) in [6, 6.07) is 14.4. The van der Waals surface area contributed by atoms with E-state index in [1.807, 2.05) is 18.2 Å². The lowest BCUT2D eigenvalue weighted by molar-refractivity contribution is 0.0945. The summed E-state index contributed by atoms with van der Waals surface area (Å²) < 4.78 is 0. The van der Waals surface area contributed by atoms with Crippen LogP contribution >= 0.6 is 0 Å². The van der Waals surface area contributed by atoms with Crippen LogP contribution in [0.25, 0.3) is 0 Å². The fourth-order valence-electron chi connectivity index (χ4n) is 3.38. The monoisotopic (exact) mass is 324 g/mol. The van der Waals surface area contributed by atoms with Crippen molar-refractivity contribution in [3.05, 3.63) is 64.7 Å². The molecule has 0 aromatic heterocycles. The van der Waals surface area contributed by atoms with Gasteiger partial charge in [0.2, 0.25) is 0 Å². The van der Waals surface area contributed by atoms with Gasteiger partial charge < -0.3 is 15.7 Å². The number of carbonyl (C=O) groups is 1. The van der Waals surface area contributed by atoms with Gasteiger partial charge in [-0.1, -0.05) is 36.8 Å². The number of amides is 1. The molecule has 0 aliphatic heterocycles. The fraction of sp³-hybridized carbons (Fsp3) is 0.350. The largest absolute Gasteiger partial charge is 0.395 e. The highest BCUT2D eigenvalue weighted by Gasteiger charge is 2.29. The smallest absolute Gasteiger partial charge is 0.251 e. The molecule has 0 spiro atoms. The number of nitrogens with one attached hydrogen (secondary N) is 2. The molecule has 126 valence electrons. The first-order valence-corrected chi connectivity index (χ1v) is 8.43. The van der Waals surface area contributed by atoms with Crippen LogP contribution in [0.2, 0.25) is 0 Å². The number of aliphatic hydroxyl groups is 1. The zero-order valence-corrected chi connectivity index (χ0v) is 14.2. The Balaban J connectivity index is 1.80. The van der Waals surface area contributed by atoms with Gasteiger partial charge in [0, 0.05) is 17.8 Å². The topological polar surface area (TPSA) is 61.4 Å². The van der Waals surface area contributed by atoms with E-state index in [0.29, 0.717) is 11.5 Å². The molecule has 1 aliphatic carbocycles. The van der Waals surface area contributed by atoms with E-state index in [2.05, 4.69) is 42.7 Å². The lowest BCUT2D eigenvalue weighted by atomic mass is 10.0. The third kappa shape index (κ3) is 3.44. The molecule has 0 saturated carbocycles. The van der Waals surface area contributed by atoms with Crippen LogP contribution in [0.3, 0.4) is 0 Å². The predicted molar refractivity (Wildman–Crippen MR) is 96.3 cm³/mol. The third-order valence-corrected chi connectivity index (χ3v) is 4.59. The van der Waals surface area contributed by atoms with Crippen molar-refractivity contribution in [3.8, 4) is 0 Å². The van der Waals surface area contributed by atoms with E-state index < -0.39 is 0 Å². The van der Waals surface area contributed by atoms with Gasteiger partial charge in [-0.15, -0.1) is 0 Å². The van der Waals surface area contributed by atoms with E-state index in [0.717, 1.165) is 12.1 Å². The van der Waals surface area contributed by atoms with Gasteiger partial charge in [0.15, 0.2) is 0 Å². The second kappa shape index (κ2) is 7.05. The number of hydrogen-bond acceptors (Lipinski definition) is 3. The van der Waals surface area contributed by atoms with Crippen molar-refractivity contribution < 1.29 is 9.90 Å². The highest BCUT2D eigenvalue weighted by Crippen LogP contribution is 2.38. The number of aryl methyl sites for hydroxylation is 1. The van der Waals surface area contributed by atoms with Crippen LogP contribution in [0, 0.1) is 12.8 Å². The Labute approximate surface area is 142 Å². The molecule has 0 heterocycles. The lowest BCUT2D eigenvalue weighted by Crippen LogP contribution is -2.26. The first-order chi connectivity index (χ1) is 11.6. The number of carbonyl (C=O) groups excluding carboxylic acids is 1. The molecule has 2 unspecified atom stereocenters. The number of anilines is 1. The number of aliphatic hydroxyl groups excluding tert-OH is 1. The van der Waals surface area contributed by atoms with Gasteiger partial charge in [0.1, 0.15) is 0 Å². The number of fused-ring (bicyclic) bond motifs is 1. The first-order valence-electron chi connectivity index (χ1n) is 8.43. The molecule has 2 atom stereocenters. The molecule has 0 fully saturated rings. The van der Waals surface area contributed by atoms with Crippen LogP contribution in [-0.2, 0) is 6.42 Å². The lowest BCUT2D eigenvalue weighted by Gasteiger charge is -2.21. The molecule has 3 rings (SSSR count). The van der Waals surface area contributed by atoms with Gasteiger partial charge in [-0.25, -0.2) is 0 Å². The van der Waals surface area contributed by atoms with Crippen molar-refractivity contribution in [2.24, 2.45) is 5.92 Å². The third-order valence-electron chi connectivity index (χ3n) is 4.59. The van der Waals surface area contributed by atoms with Crippen LogP contribution < -0.4 is 10.6 Å². The summed E-state index contributed by atoms with van der Waals surface area (Å²) in [6.45, 7) is 4.58. The van der Waals surface area contributed by atoms with E-state index in [-0.39, 0.29) is 25.1 Å². The molecule has 24 heavy (non-hydrogen) atoms. The molecule has 0 radical (unpaired) electrons. The maximum absolute atomic E-state index is 12.1. The van der Waals surface area contributed by atoms with Gasteiger partial charge >= 0.3 is 0 Å². The highest BCUT2D eigenvalue weighted by atomic mass is 16.3. The average Bonchev–Trinajstić information content (AvgIpc) is 2.88. The summed E-state index contributed by atoms with van der Waals surface area (Å²) >= 11 is 0. The van der Waals surface area contributed by atoms with E-state index >= 15 is 0 Å². The normalized spacial score (nSPS) is 19.0. The van der Waals surface area contributed by atoms with Crippen LogP contribution in [0.15, 0.2) is 42.5 Å². The molecular formula is C20H24N2O2. The molecule has 2 aromatic rings. The van der Waals surface area contributed by atoms with Crippen LogP contribution in [0.5, 0.6) is 0 Å². The Morgan fingerprint density at radius 1 is 1.25 bits per heavy atom. The summed E-state index contributed by atoms with van der Waals surface area (Å²) in [7, 11) is 0. The average molecular weight is 324 g/mol. The minimum atomic E-state index is -0.164. The number of hydrogen-bond donors (Lipinski definition) is 3. The molecule has 0 bridgehead atoms. The Morgan fingerprint density at radius 3 is 2.88 bits per heavy atom. The van der Waals surface area contributed by atoms with E-state index in [9.17, 15) is 4.79 Å². The van der Waals surface area contributed by atoms with Crippen LogP contribution in [0.4, 0.5) is 5.69 Å². The number of benzene rings is 2. The first kappa shape index (κ1) is 16.5. The van der Waals surface area contributed by atoms with E-state index in [1.165, 1.54) is 16.7 Å². The van der Waals surface area contributed by atoms with Crippen molar-refractivity contribution >= 4 is 11.6 Å². The van der Waals surface area contributed by atoms with Crippen molar-refractivity contribution in [2.45, 2.75) is 26.3 Å². The van der Waals surface area contributed by atoms with Crippen LogP contribution in [-0.4, -0.2) is 24.2 Å². The Morgan fingerprint density at radius 2 is 2.08 bits per heavy atom. The second-order valence-electron chi connectivity index (χ2n) is 6.57. The molecule has 0 saturated heterocycles. The fourth-order valence-corrected chi connectivity index (χ4v) is 3.38. The van der Waals surface area contributed by atoms with Crippen molar-refractivity contribution in [1.29, 1.82) is 0 Å². The van der Waals surface area contributed by atoms with Gasteiger partial charge in [-0.2, -0.15) is 0 Å². The van der Waals surface area contributed by atoms with Crippen molar-refractivity contribution in [3.63, 3.8) is 0 Å². The van der Waals surface area contributed by atoms with Gasteiger partial charge in [0.25, 0.3) is 5.91 Å². The minimum absolute atomic E-state index is 0.0561. The van der Waals surface area contributed by atoms with Crippen LogP contribution in [0.1, 0.15) is 40.0 Å². The van der Waals surface area contributed by atoms with E-state index in [4.69, 9.17) is 5.11 Å². The predicted octanol–water partition coefficient (Wildman–Crippen LogP) is 3.06. The summed E-state index contributed by atoms with van der Waals surface area (Å²) in [5.74, 6) is 0.345. The minimum Gasteiger partial charge on any atom is -0.395 e. The molecular weight excluding hydrogens is 300 g/mol. The summed E-state index contributed by atoms with van der Waals surface area (Å²) in [5.41, 5.74) is 5.58. The molecule has 3 N–H and O–H groups in total. The summed E-state index contributed by atoms with van der Waals surface area (Å²) in [4.78, 5) is 12.1. The maximum atomic E-state index is 12.1. The van der Waals surface area contributed by atoms with Gasteiger partial charge in [-0.3, -0.25) is 4.79 Å². The zero-order valence-electron chi connectivity index (χ0n) is 14.2. The van der Waals surface area contributed by atoms with Gasteiger partial charge in [0.05, 0.1) is 12.6 Å². The van der Waals surface area contributed by atoms with E-state index in [1.54, 1.807) is 6.07 Å². The summed E-state index contributed by atoms with van der Waals surface area (Å²) in [5, 5.41) is 15.1. The van der Waals surface area contributed by atoms with Gasteiger partial charge in [-0.05, 0) is 48.6 Å². The second-order valence-corrected chi connectivity index (χ2v) is 6.57. The standard InChI is InChI=1S/C20H24N2O2/c1-13-6-7-15-11-14(2)19(18(15)10-13)22-17-5-3-4-16(12-17)20(24)21-8-9-23/h3-7,10,12,14,19,22-23H,8-9,11H2,1-2H3,(H,21,24).